The number of hydrogen-bond acceptors (Lipinski definition) is 6. The zero-order chi connectivity index (χ0) is 21.0. The molecule has 3 heterocycles. The van der Waals surface area contributed by atoms with E-state index in [0.717, 1.165) is 79.7 Å². The van der Waals surface area contributed by atoms with Gasteiger partial charge in [0.2, 0.25) is 0 Å². The van der Waals surface area contributed by atoms with Crippen molar-refractivity contribution in [2.75, 3.05) is 26.3 Å². The maximum atomic E-state index is 13.0. The van der Waals surface area contributed by atoms with Crippen molar-refractivity contribution in [1.82, 2.24) is 20.1 Å². The Labute approximate surface area is 182 Å². The zero-order valence-electron chi connectivity index (χ0n) is 17.7. The Morgan fingerprint density at radius 1 is 1.03 bits per heavy atom. The Bertz CT molecular complexity index is 1040. The van der Waals surface area contributed by atoms with Gasteiger partial charge in [-0.05, 0) is 55.3 Å². The molecule has 1 aromatic carbocycles. The van der Waals surface area contributed by atoms with Crippen LogP contribution in [0.25, 0.3) is 22.0 Å². The van der Waals surface area contributed by atoms with Crippen LogP contribution in [0.15, 0.2) is 48.8 Å². The Kier molecular flexibility index (Phi) is 6.00. The summed E-state index contributed by atoms with van der Waals surface area (Å²) >= 11 is 0. The Morgan fingerprint density at radius 2 is 1.87 bits per heavy atom. The van der Waals surface area contributed by atoms with E-state index in [1.165, 1.54) is 0 Å². The largest absolute Gasteiger partial charge is 0.379 e. The van der Waals surface area contributed by atoms with Gasteiger partial charge in [0, 0.05) is 60.5 Å². The summed E-state index contributed by atoms with van der Waals surface area (Å²) in [5.74, 6) is 0.498. The van der Waals surface area contributed by atoms with Gasteiger partial charge in [-0.1, -0.05) is 12.1 Å². The van der Waals surface area contributed by atoms with Gasteiger partial charge < -0.3 is 4.74 Å². The fraction of sp³-hybridized carbons (Fsp3) is 0.440. The molecule has 0 N–H and O–H groups in total. The monoisotopic (exact) mass is 416 g/mol. The molecule has 0 amide bonds. The van der Waals surface area contributed by atoms with Gasteiger partial charge in [0.25, 0.3) is 0 Å². The Balaban J connectivity index is 1.24. The summed E-state index contributed by atoms with van der Waals surface area (Å²) in [4.78, 5) is 20.1. The predicted octanol–water partition coefficient (Wildman–Crippen LogP) is 3.69. The lowest BCUT2D eigenvalue weighted by Crippen LogP contribution is -2.45. The molecule has 6 nitrogen and oxygen atoms in total. The average Bonchev–Trinajstić information content (AvgIpc) is 2.85. The summed E-state index contributed by atoms with van der Waals surface area (Å²) in [6, 6.07) is 12.7. The van der Waals surface area contributed by atoms with Gasteiger partial charge in [-0.2, -0.15) is 10.2 Å². The maximum Gasteiger partial charge on any atom is 0.141 e. The molecule has 0 bridgehead atoms. The first-order chi connectivity index (χ1) is 15.3. The molecule has 1 aliphatic heterocycles. The van der Waals surface area contributed by atoms with E-state index in [9.17, 15) is 4.79 Å². The van der Waals surface area contributed by atoms with Crippen LogP contribution in [0.4, 0.5) is 0 Å². The summed E-state index contributed by atoms with van der Waals surface area (Å²) in [5, 5.41) is 10.3. The fourth-order valence-electron chi connectivity index (χ4n) is 4.93. The van der Waals surface area contributed by atoms with Gasteiger partial charge in [-0.25, -0.2) is 0 Å². The highest BCUT2D eigenvalue weighted by atomic mass is 16.5. The van der Waals surface area contributed by atoms with Crippen LogP contribution in [0.5, 0.6) is 0 Å². The molecule has 2 fully saturated rings. The summed E-state index contributed by atoms with van der Waals surface area (Å²) in [6.45, 7) is 3.73. The minimum atomic E-state index is 0.167. The third-order valence-corrected chi connectivity index (χ3v) is 6.72. The first-order valence-corrected chi connectivity index (χ1v) is 11.3. The molecule has 1 aliphatic carbocycles. The normalized spacial score (nSPS) is 22.5. The van der Waals surface area contributed by atoms with Crippen LogP contribution in [-0.4, -0.2) is 58.2 Å². The molecule has 0 unspecified atom stereocenters. The molecule has 0 spiro atoms. The molecule has 31 heavy (non-hydrogen) atoms. The Morgan fingerprint density at radius 3 is 2.65 bits per heavy atom. The highest BCUT2D eigenvalue weighted by molar-refractivity contribution is 5.88. The molecular formula is C25H28N4O2. The summed E-state index contributed by atoms with van der Waals surface area (Å²) in [7, 11) is 0. The van der Waals surface area contributed by atoms with E-state index in [0.29, 0.717) is 18.2 Å². The number of hydrogen-bond donors (Lipinski definition) is 0. The van der Waals surface area contributed by atoms with Crippen molar-refractivity contribution >= 4 is 16.6 Å². The summed E-state index contributed by atoms with van der Waals surface area (Å²) < 4.78 is 5.47. The number of pyridine rings is 1. The first-order valence-electron chi connectivity index (χ1n) is 11.3. The lowest BCUT2D eigenvalue weighted by molar-refractivity contribution is -0.123. The maximum absolute atomic E-state index is 13.0. The number of benzene rings is 1. The van der Waals surface area contributed by atoms with Crippen molar-refractivity contribution in [3.8, 4) is 11.3 Å². The molecule has 2 aromatic heterocycles. The second-order valence-electron chi connectivity index (χ2n) is 8.64. The highest BCUT2D eigenvalue weighted by Crippen LogP contribution is 2.30. The van der Waals surface area contributed by atoms with Gasteiger partial charge in [0.15, 0.2) is 0 Å². The van der Waals surface area contributed by atoms with Crippen LogP contribution in [-0.2, 0) is 16.0 Å². The van der Waals surface area contributed by atoms with E-state index in [1.807, 2.05) is 36.5 Å². The number of carbonyl (C=O) groups is 1. The lowest BCUT2D eigenvalue weighted by Gasteiger charge is -2.38. The summed E-state index contributed by atoms with van der Waals surface area (Å²) in [5.41, 5.74) is 2.71. The topological polar surface area (TPSA) is 68.2 Å². The standard InChI is InChI=1S/C25H28N4O2/c30-25(18-5-7-23(8-6-18)29-10-12-31-13-11-29)16-22-15-21-14-19(3-4-20(21)17-26-22)24-2-1-9-27-28-24/h1-4,9,14-15,17-18,23H,5-8,10-13,16H2. The molecule has 5 rings (SSSR count). The van der Waals surface area contributed by atoms with Crippen LogP contribution in [0.2, 0.25) is 0 Å². The van der Waals surface area contributed by atoms with Crippen LogP contribution in [0.3, 0.4) is 0 Å². The number of rotatable bonds is 5. The third-order valence-electron chi connectivity index (χ3n) is 6.72. The average molecular weight is 417 g/mol. The van der Waals surface area contributed by atoms with Crippen LogP contribution in [0.1, 0.15) is 31.4 Å². The molecule has 3 aromatic rings. The van der Waals surface area contributed by atoms with Gasteiger partial charge in [-0.3, -0.25) is 14.7 Å². The molecule has 0 radical (unpaired) electrons. The number of aromatic nitrogens is 3. The second kappa shape index (κ2) is 9.20. The molecule has 160 valence electrons. The number of ether oxygens (including phenoxy) is 1. The smallest absolute Gasteiger partial charge is 0.141 e. The number of carbonyl (C=O) groups excluding carboxylic acids is 1. The quantitative estimate of drug-likeness (QED) is 0.632. The zero-order valence-corrected chi connectivity index (χ0v) is 17.7. The number of nitrogens with zero attached hydrogens (tertiary/aromatic N) is 4. The molecule has 0 atom stereocenters. The third kappa shape index (κ3) is 4.65. The number of ketones is 1. The van der Waals surface area contributed by atoms with E-state index in [1.54, 1.807) is 6.20 Å². The van der Waals surface area contributed by atoms with Crippen molar-refractivity contribution in [2.45, 2.75) is 38.1 Å². The molecular weight excluding hydrogens is 388 g/mol. The lowest BCUT2D eigenvalue weighted by atomic mass is 9.81. The molecule has 1 saturated carbocycles. The molecule has 6 heteroatoms. The van der Waals surface area contributed by atoms with Crippen molar-refractivity contribution in [3.05, 3.63) is 54.5 Å². The summed E-state index contributed by atoms with van der Waals surface area (Å²) in [6.07, 6.45) is 8.17. The van der Waals surface area contributed by atoms with Crippen LogP contribution in [0, 0.1) is 5.92 Å². The van der Waals surface area contributed by atoms with Crippen molar-refractivity contribution < 1.29 is 9.53 Å². The van der Waals surface area contributed by atoms with Crippen LogP contribution >= 0.6 is 0 Å². The van der Waals surface area contributed by atoms with Crippen LogP contribution < -0.4 is 0 Å². The molecule has 1 saturated heterocycles. The van der Waals surface area contributed by atoms with Crippen molar-refractivity contribution in [3.63, 3.8) is 0 Å². The van der Waals surface area contributed by atoms with E-state index in [-0.39, 0.29) is 5.92 Å². The second-order valence-corrected chi connectivity index (χ2v) is 8.64. The predicted molar refractivity (Wildman–Crippen MR) is 120 cm³/mol. The van der Waals surface area contributed by atoms with Gasteiger partial charge >= 0.3 is 0 Å². The number of morpholine rings is 1. The molecule has 2 aliphatic rings. The van der Waals surface area contributed by atoms with Crippen molar-refractivity contribution in [2.24, 2.45) is 5.92 Å². The SMILES string of the molecule is O=C(Cc1cc2cc(-c3cccnn3)ccc2cn1)C1CCC(N2CCOCC2)CC1. The Hall–Kier alpha value is -2.70. The minimum Gasteiger partial charge on any atom is -0.379 e. The van der Waals surface area contributed by atoms with E-state index < -0.39 is 0 Å². The number of Topliss-reactive ketones (excluding diaryl/α,β-unsaturated/α-hetero) is 1. The minimum absolute atomic E-state index is 0.167. The fourth-order valence-corrected chi connectivity index (χ4v) is 4.93. The van der Waals surface area contributed by atoms with Gasteiger partial charge in [-0.15, -0.1) is 0 Å². The van der Waals surface area contributed by atoms with Crippen molar-refractivity contribution in [1.29, 1.82) is 0 Å². The first kappa shape index (κ1) is 20.2. The number of fused-ring (bicyclic) bond motifs is 1. The van der Waals surface area contributed by atoms with E-state index >= 15 is 0 Å². The van der Waals surface area contributed by atoms with E-state index in [4.69, 9.17) is 4.74 Å². The van der Waals surface area contributed by atoms with Gasteiger partial charge in [0.1, 0.15) is 5.78 Å². The highest BCUT2D eigenvalue weighted by Gasteiger charge is 2.30. The van der Waals surface area contributed by atoms with Gasteiger partial charge in [0.05, 0.1) is 18.9 Å². The van der Waals surface area contributed by atoms with E-state index in [2.05, 4.69) is 26.1 Å².